The minimum atomic E-state index is -1.12. The first-order valence-corrected chi connectivity index (χ1v) is 7.86. The fourth-order valence-corrected chi connectivity index (χ4v) is 1.65. The molecule has 0 heterocycles. The largest absolute Gasteiger partial charge is 0.462 e. The number of halogens is 2. The second-order valence-electron chi connectivity index (χ2n) is 6.86. The summed E-state index contributed by atoms with van der Waals surface area (Å²) in [6.07, 6.45) is 2.10. The van der Waals surface area contributed by atoms with Gasteiger partial charge in [-0.25, -0.2) is 8.78 Å². The number of aliphatic hydroxyl groups is 1. The third-order valence-electron chi connectivity index (χ3n) is 2.64. The summed E-state index contributed by atoms with van der Waals surface area (Å²) in [5.74, 6) is -2.22. The molecule has 0 atom stereocenters. The summed E-state index contributed by atoms with van der Waals surface area (Å²) >= 11 is 0. The second kappa shape index (κ2) is 10.4. The van der Waals surface area contributed by atoms with Crippen LogP contribution in [0.4, 0.5) is 8.78 Å². The number of rotatable bonds is 7. The molecule has 0 saturated heterocycles. The van der Waals surface area contributed by atoms with Crippen molar-refractivity contribution < 1.29 is 28.2 Å². The molecular weight excluding hydrogens is 318 g/mol. The van der Waals surface area contributed by atoms with Gasteiger partial charge in [0, 0.05) is 12.7 Å². The Morgan fingerprint density at radius 3 is 1.96 bits per heavy atom. The molecule has 0 aliphatic rings. The van der Waals surface area contributed by atoms with Crippen LogP contribution in [0, 0.1) is 11.6 Å². The Morgan fingerprint density at radius 1 is 1.04 bits per heavy atom. The van der Waals surface area contributed by atoms with Crippen molar-refractivity contribution in [3.63, 3.8) is 0 Å². The topological polar surface area (TPSA) is 55.8 Å². The average molecular weight is 346 g/mol. The zero-order valence-electron chi connectivity index (χ0n) is 15.1. The van der Waals surface area contributed by atoms with E-state index < -0.39 is 17.4 Å². The predicted octanol–water partition coefficient (Wildman–Crippen LogP) is 3.99. The summed E-state index contributed by atoms with van der Waals surface area (Å²) in [5.41, 5.74) is 0.327. The predicted molar refractivity (Wildman–Crippen MR) is 88.4 cm³/mol. The van der Waals surface area contributed by atoms with E-state index in [4.69, 9.17) is 4.74 Å². The summed E-state index contributed by atoms with van der Waals surface area (Å²) in [7, 11) is 0. The minimum Gasteiger partial charge on any atom is -0.462 e. The van der Waals surface area contributed by atoms with Crippen LogP contribution in [0.3, 0.4) is 0 Å². The maximum atomic E-state index is 12.9. The molecule has 1 aromatic rings. The fourth-order valence-electron chi connectivity index (χ4n) is 1.65. The number of carbonyl (C=O) groups is 1. The van der Waals surface area contributed by atoms with E-state index in [-0.39, 0.29) is 5.60 Å². The maximum absolute atomic E-state index is 12.9. The molecule has 0 aliphatic heterocycles. The first kappa shape index (κ1) is 22.5. The monoisotopic (exact) mass is 346 g/mol. The smallest absolute Gasteiger partial charge is 0.293 e. The zero-order valence-corrected chi connectivity index (χ0v) is 15.1. The van der Waals surface area contributed by atoms with Gasteiger partial charge in [-0.2, -0.15) is 0 Å². The van der Waals surface area contributed by atoms with Gasteiger partial charge in [-0.15, -0.1) is 0 Å². The van der Waals surface area contributed by atoms with Gasteiger partial charge in [0.1, 0.15) is 17.2 Å². The van der Waals surface area contributed by atoms with E-state index in [0.29, 0.717) is 25.1 Å². The van der Waals surface area contributed by atoms with E-state index in [1.165, 1.54) is 12.1 Å². The molecule has 1 rings (SSSR count). The Kier molecular flexibility index (Phi) is 9.70. The Bertz CT molecular complexity index is 471. The van der Waals surface area contributed by atoms with Crippen molar-refractivity contribution in [3.8, 4) is 0 Å². The van der Waals surface area contributed by atoms with Crippen LogP contribution < -0.4 is 0 Å². The van der Waals surface area contributed by atoms with E-state index in [0.717, 1.165) is 18.9 Å². The number of ether oxygens (including phenoxy) is 2. The van der Waals surface area contributed by atoms with Gasteiger partial charge < -0.3 is 14.6 Å². The molecule has 138 valence electrons. The lowest BCUT2D eigenvalue weighted by Crippen LogP contribution is -2.23. The van der Waals surface area contributed by atoms with Crippen LogP contribution >= 0.6 is 0 Å². The number of carbonyl (C=O) groups excluding carboxylic acids is 1. The lowest BCUT2D eigenvalue weighted by atomic mass is 10.1. The average Bonchev–Trinajstić information content (AvgIpc) is 2.35. The van der Waals surface area contributed by atoms with Gasteiger partial charge in [0.05, 0.1) is 0 Å². The highest BCUT2D eigenvalue weighted by molar-refractivity contribution is 5.37. The van der Waals surface area contributed by atoms with Crippen LogP contribution in [-0.4, -0.2) is 29.6 Å². The lowest BCUT2D eigenvalue weighted by Gasteiger charge is -2.17. The van der Waals surface area contributed by atoms with E-state index in [1.807, 2.05) is 20.8 Å². The number of hydrogen-bond acceptors (Lipinski definition) is 4. The van der Waals surface area contributed by atoms with Crippen molar-refractivity contribution in [2.24, 2.45) is 0 Å². The Morgan fingerprint density at radius 2 is 1.58 bits per heavy atom. The van der Waals surface area contributed by atoms with Crippen LogP contribution in [0.1, 0.15) is 53.0 Å². The van der Waals surface area contributed by atoms with E-state index in [2.05, 4.69) is 4.74 Å². The number of hydrogen-bond donors (Lipinski definition) is 1. The summed E-state index contributed by atoms with van der Waals surface area (Å²) < 4.78 is 35.4. The molecule has 0 bridgehead atoms. The summed E-state index contributed by atoms with van der Waals surface area (Å²) in [6, 6.07) is 3.53. The third kappa shape index (κ3) is 14.1. The highest BCUT2D eigenvalue weighted by Gasteiger charge is 2.11. The van der Waals surface area contributed by atoms with Crippen LogP contribution in [0.25, 0.3) is 0 Å². The Labute approximate surface area is 142 Å². The summed E-state index contributed by atoms with van der Waals surface area (Å²) in [4.78, 5) is 9.60. The molecule has 6 heteroatoms. The van der Waals surface area contributed by atoms with E-state index in [1.54, 1.807) is 13.8 Å². The molecule has 0 amide bonds. The van der Waals surface area contributed by atoms with Crippen molar-refractivity contribution in [3.05, 3.63) is 35.4 Å². The quantitative estimate of drug-likeness (QED) is 0.461. The van der Waals surface area contributed by atoms with Gasteiger partial charge in [-0.1, -0.05) is 0 Å². The molecule has 0 fully saturated rings. The molecule has 0 unspecified atom stereocenters. The minimum absolute atomic E-state index is 0.318. The molecule has 24 heavy (non-hydrogen) atoms. The molecular formula is C18H28F2O4. The van der Waals surface area contributed by atoms with Crippen LogP contribution in [0.5, 0.6) is 0 Å². The first-order chi connectivity index (χ1) is 10.9. The standard InChI is InChI=1S/C13H18F2O2.C5H10O2/c1-13(2,16)17-6-4-3-5-10-7-11(14)9-12(15)8-10;1-5(2,3)7-4-6/h7-9,16H,3-6H2,1-2H3;4H,1-3H3. The molecule has 4 nitrogen and oxygen atoms in total. The lowest BCUT2D eigenvalue weighted by molar-refractivity contribution is -0.176. The van der Waals surface area contributed by atoms with Crippen LogP contribution in [-0.2, 0) is 20.7 Å². The fraction of sp³-hybridized carbons (Fsp3) is 0.611. The normalized spacial score (nSPS) is 11.5. The number of unbranched alkanes of at least 4 members (excludes halogenated alkanes) is 1. The van der Waals surface area contributed by atoms with Gasteiger partial charge in [0.2, 0.25) is 0 Å². The van der Waals surface area contributed by atoms with Crippen molar-refractivity contribution in [1.82, 2.24) is 0 Å². The molecule has 0 aliphatic carbocycles. The molecule has 1 N–H and O–H groups in total. The van der Waals surface area contributed by atoms with E-state index >= 15 is 0 Å². The van der Waals surface area contributed by atoms with Gasteiger partial charge >= 0.3 is 0 Å². The molecule has 0 radical (unpaired) electrons. The van der Waals surface area contributed by atoms with Crippen molar-refractivity contribution in [2.75, 3.05) is 6.61 Å². The zero-order chi connectivity index (χ0) is 18.8. The van der Waals surface area contributed by atoms with Gasteiger partial charge in [-0.05, 0) is 71.6 Å². The highest BCUT2D eigenvalue weighted by Crippen LogP contribution is 2.12. The number of aryl methyl sites for hydroxylation is 1. The van der Waals surface area contributed by atoms with Gasteiger partial charge in [-0.3, -0.25) is 4.79 Å². The Balaban J connectivity index is 0.000000640. The Hall–Kier alpha value is -1.53. The van der Waals surface area contributed by atoms with Crippen LogP contribution in [0.2, 0.25) is 0 Å². The summed E-state index contributed by atoms with van der Waals surface area (Å²) in [5, 5.41) is 9.29. The highest BCUT2D eigenvalue weighted by atomic mass is 19.1. The van der Waals surface area contributed by atoms with Crippen LogP contribution in [0.15, 0.2) is 18.2 Å². The van der Waals surface area contributed by atoms with E-state index in [9.17, 15) is 18.7 Å². The SMILES string of the molecule is CC(C)(C)OC=O.CC(C)(O)OCCCCc1cc(F)cc(F)c1. The maximum Gasteiger partial charge on any atom is 0.293 e. The van der Waals surface area contributed by atoms with Crippen molar-refractivity contribution in [2.45, 2.75) is 65.3 Å². The van der Waals surface area contributed by atoms with Gasteiger partial charge in [0.25, 0.3) is 6.47 Å². The molecule has 0 saturated carbocycles. The number of benzene rings is 1. The first-order valence-electron chi connectivity index (χ1n) is 7.86. The third-order valence-corrected chi connectivity index (χ3v) is 2.64. The second-order valence-corrected chi connectivity index (χ2v) is 6.86. The summed E-state index contributed by atoms with van der Waals surface area (Å²) in [6.45, 7) is 9.48. The molecule has 0 aromatic heterocycles. The van der Waals surface area contributed by atoms with Crippen molar-refractivity contribution in [1.29, 1.82) is 0 Å². The molecule has 0 spiro atoms. The van der Waals surface area contributed by atoms with Gasteiger partial charge in [0.15, 0.2) is 5.79 Å². The molecule has 1 aromatic carbocycles. The van der Waals surface area contributed by atoms with Crippen molar-refractivity contribution >= 4 is 6.47 Å².